The summed E-state index contributed by atoms with van der Waals surface area (Å²) in [6.45, 7) is 5.97. The Morgan fingerprint density at radius 1 is 1.27 bits per heavy atom. The van der Waals surface area contributed by atoms with Crippen molar-refractivity contribution in [1.29, 1.82) is 5.26 Å². The first-order valence-corrected chi connectivity index (χ1v) is 7.77. The monoisotopic (exact) mass is 296 g/mol. The zero-order valence-corrected chi connectivity index (χ0v) is 13.0. The summed E-state index contributed by atoms with van der Waals surface area (Å²) in [6, 6.07) is 6.01. The van der Waals surface area contributed by atoms with Crippen LogP contribution in [-0.2, 0) is 4.74 Å². The van der Waals surface area contributed by atoms with Crippen LogP contribution in [0.3, 0.4) is 0 Å². The number of anilines is 1. The topological polar surface area (TPSA) is 62.0 Å². The van der Waals surface area contributed by atoms with Crippen molar-refractivity contribution < 1.29 is 4.74 Å². The summed E-state index contributed by atoms with van der Waals surface area (Å²) in [4.78, 5) is 11.1. The number of hydrogen-bond donors (Lipinski definition) is 0. The molecule has 22 heavy (non-hydrogen) atoms. The maximum Gasteiger partial charge on any atom is 0.113 e. The number of nitriles is 1. The van der Waals surface area contributed by atoms with E-state index >= 15 is 0 Å². The van der Waals surface area contributed by atoms with Crippen LogP contribution in [0.1, 0.15) is 32.3 Å². The minimum absolute atomic E-state index is 0.188. The van der Waals surface area contributed by atoms with E-state index < -0.39 is 0 Å². The number of nitrogens with zero attached hydrogens (tertiary/aromatic N) is 4. The summed E-state index contributed by atoms with van der Waals surface area (Å²) < 4.78 is 6.01. The van der Waals surface area contributed by atoms with Gasteiger partial charge in [0.2, 0.25) is 0 Å². The molecule has 2 unspecified atom stereocenters. The average molecular weight is 296 g/mol. The molecule has 0 spiro atoms. The molecule has 0 aliphatic carbocycles. The molecule has 0 bridgehead atoms. The van der Waals surface area contributed by atoms with Gasteiger partial charge in [0.1, 0.15) is 17.1 Å². The fourth-order valence-electron chi connectivity index (χ4n) is 3.11. The normalized spacial score (nSPS) is 21.8. The number of rotatable bonds is 3. The first-order chi connectivity index (χ1) is 10.7. The molecule has 1 aromatic carbocycles. The Bertz CT molecular complexity index is 709. The van der Waals surface area contributed by atoms with Gasteiger partial charge in [-0.25, -0.2) is 0 Å². The molecular formula is C17H20N4O. The molecule has 0 amide bonds. The van der Waals surface area contributed by atoms with E-state index in [4.69, 9.17) is 4.74 Å². The van der Waals surface area contributed by atoms with Crippen molar-refractivity contribution >= 4 is 16.7 Å². The van der Waals surface area contributed by atoms with E-state index in [1.165, 1.54) is 0 Å². The lowest BCUT2D eigenvalue weighted by Gasteiger charge is -2.38. The molecule has 2 aromatic rings. The van der Waals surface area contributed by atoms with E-state index in [9.17, 15) is 5.26 Å². The van der Waals surface area contributed by atoms with Gasteiger partial charge >= 0.3 is 0 Å². The number of aromatic nitrogens is 2. The maximum absolute atomic E-state index is 9.24. The molecule has 2 heterocycles. The van der Waals surface area contributed by atoms with E-state index in [2.05, 4.69) is 34.8 Å². The quantitative estimate of drug-likeness (QED) is 0.871. The minimum Gasteiger partial charge on any atom is -0.372 e. The molecule has 0 N–H and O–H groups in total. The number of hydrogen-bond acceptors (Lipinski definition) is 5. The van der Waals surface area contributed by atoms with Crippen LogP contribution in [0, 0.1) is 11.3 Å². The Morgan fingerprint density at radius 3 is 2.77 bits per heavy atom. The van der Waals surface area contributed by atoms with Crippen molar-refractivity contribution in [2.24, 2.45) is 0 Å². The fraction of sp³-hybridized carbons (Fsp3) is 0.471. The second-order valence-corrected chi connectivity index (χ2v) is 5.76. The third-order valence-corrected chi connectivity index (χ3v) is 4.00. The largest absolute Gasteiger partial charge is 0.372 e. The van der Waals surface area contributed by atoms with E-state index in [0.29, 0.717) is 11.1 Å². The standard InChI is InChI=1S/C17H20N4O/c1-3-4-14-11-21(10-12(2)22-14)15-6-5-13(9-18)16-17(15)20-8-7-19-16/h5-8,12,14H,3-4,10-11H2,1-2H3. The molecule has 0 saturated carbocycles. The maximum atomic E-state index is 9.24. The van der Waals surface area contributed by atoms with Crippen molar-refractivity contribution in [3.8, 4) is 6.07 Å². The smallest absolute Gasteiger partial charge is 0.113 e. The highest BCUT2D eigenvalue weighted by atomic mass is 16.5. The molecule has 1 aliphatic rings. The van der Waals surface area contributed by atoms with Gasteiger partial charge in [-0.3, -0.25) is 9.97 Å². The van der Waals surface area contributed by atoms with Gasteiger partial charge in [0.05, 0.1) is 23.5 Å². The van der Waals surface area contributed by atoms with Crippen LogP contribution in [0.25, 0.3) is 11.0 Å². The average Bonchev–Trinajstić information content (AvgIpc) is 2.53. The van der Waals surface area contributed by atoms with Crippen molar-refractivity contribution in [1.82, 2.24) is 9.97 Å². The van der Waals surface area contributed by atoms with Crippen LogP contribution in [0.2, 0.25) is 0 Å². The Balaban J connectivity index is 2.01. The van der Waals surface area contributed by atoms with Crippen LogP contribution >= 0.6 is 0 Å². The lowest BCUT2D eigenvalue weighted by atomic mass is 10.1. The molecular weight excluding hydrogens is 276 g/mol. The number of fused-ring (bicyclic) bond motifs is 1. The highest BCUT2D eigenvalue weighted by Crippen LogP contribution is 2.29. The van der Waals surface area contributed by atoms with Gasteiger partial charge in [-0.2, -0.15) is 5.26 Å². The van der Waals surface area contributed by atoms with Gasteiger partial charge in [-0.15, -0.1) is 0 Å². The highest BCUT2D eigenvalue weighted by Gasteiger charge is 2.26. The van der Waals surface area contributed by atoms with Gasteiger partial charge < -0.3 is 9.64 Å². The summed E-state index contributed by atoms with van der Waals surface area (Å²) in [5.74, 6) is 0. The molecule has 1 fully saturated rings. The minimum atomic E-state index is 0.188. The summed E-state index contributed by atoms with van der Waals surface area (Å²) in [5.41, 5.74) is 3.08. The molecule has 1 saturated heterocycles. The second kappa shape index (κ2) is 6.29. The number of benzene rings is 1. The molecule has 5 nitrogen and oxygen atoms in total. The van der Waals surface area contributed by atoms with Crippen LogP contribution < -0.4 is 4.90 Å². The fourth-order valence-corrected chi connectivity index (χ4v) is 3.11. The van der Waals surface area contributed by atoms with Crippen molar-refractivity contribution in [2.75, 3.05) is 18.0 Å². The molecule has 5 heteroatoms. The third kappa shape index (κ3) is 2.75. The second-order valence-electron chi connectivity index (χ2n) is 5.76. The Labute approximate surface area is 130 Å². The van der Waals surface area contributed by atoms with Crippen LogP contribution in [0.15, 0.2) is 24.5 Å². The SMILES string of the molecule is CCCC1CN(c2ccc(C#N)c3nccnc23)CC(C)O1. The van der Waals surface area contributed by atoms with Gasteiger partial charge in [-0.1, -0.05) is 13.3 Å². The van der Waals surface area contributed by atoms with Crippen molar-refractivity contribution in [3.05, 3.63) is 30.1 Å². The zero-order valence-electron chi connectivity index (χ0n) is 13.0. The first kappa shape index (κ1) is 14.7. The Morgan fingerprint density at radius 2 is 2.05 bits per heavy atom. The third-order valence-electron chi connectivity index (χ3n) is 4.00. The summed E-state index contributed by atoms with van der Waals surface area (Å²) >= 11 is 0. The van der Waals surface area contributed by atoms with Crippen LogP contribution in [0.5, 0.6) is 0 Å². The van der Waals surface area contributed by atoms with E-state index in [-0.39, 0.29) is 12.2 Å². The Kier molecular flexibility index (Phi) is 4.21. The molecule has 0 radical (unpaired) electrons. The van der Waals surface area contributed by atoms with Crippen LogP contribution in [0.4, 0.5) is 5.69 Å². The predicted octanol–water partition coefficient (Wildman–Crippen LogP) is 2.90. The lowest BCUT2D eigenvalue weighted by Crippen LogP contribution is -2.46. The Hall–Kier alpha value is -2.19. The van der Waals surface area contributed by atoms with Gasteiger partial charge in [0.15, 0.2) is 0 Å². The lowest BCUT2D eigenvalue weighted by molar-refractivity contribution is -0.0198. The number of ether oxygens (including phenoxy) is 1. The highest BCUT2D eigenvalue weighted by molar-refractivity contribution is 5.91. The summed E-state index contributed by atoms with van der Waals surface area (Å²) in [7, 11) is 0. The van der Waals surface area contributed by atoms with Crippen molar-refractivity contribution in [2.45, 2.75) is 38.9 Å². The molecule has 1 aromatic heterocycles. The molecule has 114 valence electrons. The van der Waals surface area contributed by atoms with E-state index in [1.54, 1.807) is 12.4 Å². The van der Waals surface area contributed by atoms with Gasteiger partial charge in [0, 0.05) is 25.5 Å². The van der Waals surface area contributed by atoms with Crippen LogP contribution in [-0.4, -0.2) is 35.3 Å². The van der Waals surface area contributed by atoms with Crippen molar-refractivity contribution in [3.63, 3.8) is 0 Å². The number of morpholine rings is 1. The van der Waals surface area contributed by atoms with E-state index in [0.717, 1.165) is 37.1 Å². The summed E-state index contributed by atoms with van der Waals surface area (Å²) in [5, 5.41) is 9.24. The van der Waals surface area contributed by atoms with Gasteiger partial charge in [0.25, 0.3) is 0 Å². The molecule has 1 aliphatic heterocycles. The van der Waals surface area contributed by atoms with E-state index in [1.807, 2.05) is 12.1 Å². The molecule has 2 atom stereocenters. The zero-order chi connectivity index (χ0) is 15.5. The van der Waals surface area contributed by atoms with Gasteiger partial charge in [-0.05, 0) is 25.5 Å². The predicted molar refractivity (Wildman–Crippen MR) is 85.7 cm³/mol. The molecule has 3 rings (SSSR count). The summed E-state index contributed by atoms with van der Waals surface area (Å²) in [6.07, 6.45) is 5.92. The first-order valence-electron chi connectivity index (χ1n) is 7.77.